The molecule has 6 nitrogen and oxygen atoms in total. The second-order valence-electron chi connectivity index (χ2n) is 7.01. The van der Waals surface area contributed by atoms with E-state index in [9.17, 15) is 4.79 Å². The molecule has 0 spiro atoms. The number of fused-ring (bicyclic) bond motifs is 1. The zero-order valence-corrected chi connectivity index (χ0v) is 16.6. The van der Waals surface area contributed by atoms with Crippen LogP contribution in [-0.2, 0) is 13.1 Å². The van der Waals surface area contributed by atoms with Gasteiger partial charge in [0.05, 0.1) is 0 Å². The SMILES string of the molecule is CCNC(=O)Nc1cc2c(-c3cccc(CN(C)C)c3)ccc(CN)c2cn1. The van der Waals surface area contributed by atoms with Gasteiger partial charge in [-0.2, -0.15) is 0 Å². The fraction of sp³-hybridized carbons (Fsp3) is 0.273. The topological polar surface area (TPSA) is 83.3 Å². The Morgan fingerprint density at radius 2 is 1.96 bits per heavy atom. The Morgan fingerprint density at radius 1 is 1.14 bits per heavy atom. The van der Waals surface area contributed by atoms with Crippen molar-refractivity contribution in [3.63, 3.8) is 0 Å². The number of anilines is 1. The van der Waals surface area contributed by atoms with E-state index in [2.05, 4.69) is 71.0 Å². The van der Waals surface area contributed by atoms with Gasteiger partial charge in [-0.1, -0.05) is 30.3 Å². The molecule has 6 heteroatoms. The normalized spacial score (nSPS) is 11.0. The number of nitrogens with one attached hydrogen (secondary N) is 2. The van der Waals surface area contributed by atoms with E-state index in [4.69, 9.17) is 5.73 Å². The molecular formula is C22H27N5O. The van der Waals surface area contributed by atoms with E-state index in [1.807, 2.05) is 13.0 Å². The smallest absolute Gasteiger partial charge is 0.320 e. The van der Waals surface area contributed by atoms with Crippen molar-refractivity contribution in [1.29, 1.82) is 0 Å². The van der Waals surface area contributed by atoms with Crippen molar-refractivity contribution >= 4 is 22.6 Å². The second-order valence-corrected chi connectivity index (χ2v) is 7.01. The summed E-state index contributed by atoms with van der Waals surface area (Å²) in [6.45, 7) is 3.74. The van der Waals surface area contributed by atoms with Crippen molar-refractivity contribution in [2.75, 3.05) is 26.0 Å². The van der Waals surface area contributed by atoms with E-state index in [-0.39, 0.29) is 6.03 Å². The molecule has 1 heterocycles. The summed E-state index contributed by atoms with van der Waals surface area (Å²) in [5.41, 5.74) is 10.4. The Labute approximate surface area is 165 Å². The molecule has 2 aromatic carbocycles. The molecule has 0 unspecified atom stereocenters. The van der Waals surface area contributed by atoms with Crippen LogP contribution in [0.15, 0.2) is 48.7 Å². The van der Waals surface area contributed by atoms with Crippen LogP contribution in [0.3, 0.4) is 0 Å². The minimum Gasteiger partial charge on any atom is -0.338 e. The third-order valence-corrected chi connectivity index (χ3v) is 4.53. The third-order valence-electron chi connectivity index (χ3n) is 4.53. The molecule has 0 saturated heterocycles. The lowest BCUT2D eigenvalue weighted by molar-refractivity contribution is 0.252. The number of carbonyl (C=O) groups is 1. The maximum absolute atomic E-state index is 11.9. The van der Waals surface area contributed by atoms with E-state index in [1.165, 1.54) is 5.56 Å². The van der Waals surface area contributed by atoms with Crippen molar-refractivity contribution in [2.45, 2.75) is 20.0 Å². The summed E-state index contributed by atoms with van der Waals surface area (Å²) < 4.78 is 0. The molecule has 4 N–H and O–H groups in total. The van der Waals surface area contributed by atoms with Gasteiger partial charge in [0.1, 0.15) is 5.82 Å². The predicted molar refractivity (Wildman–Crippen MR) is 115 cm³/mol. The van der Waals surface area contributed by atoms with Crippen molar-refractivity contribution in [1.82, 2.24) is 15.2 Å². The van der Waals surface area contributed by atoms with Gasteiger partial charge in [0.2, 0.25) is 0 Å². The summed E-state index contributed by atoms with van der Waals surface area (Å²) in [6.07, 6.45) is 1.78. The third kappa shape index (κ3) is 4.47. The molecule has 0 bridgehead atoms. The van der Waals surface area contributed by atoms with Crippen LogP contribution in [0.1, 0.15) is 18.1 Å². The Kier molecular flexibility index (Phi) is 6.23. The number of nitrogens with two attached hydrogens (primary N) is 1. The fourth-order valence-corrected chi connectivity index (χ4v) is 3.32. The van der Waals surface area contributed by atoms with Crippen LogP contribution in [0.25, 0.3) is 21.9 Å². The van der Waals surface area contributed by atoms with E-state index in [1.54, 1.807) is 6.20 Å². The number of aromatic nitrogens is 1. The summed E-state index contributed by atoms with van der Waals surface area (Å²) in [4.78, 5) is 18.4. The molecule has 3 aromatic rings. The number of urea groups is 1. The van der Waals surface area contributed by atoms with Gasteiger partial charge < -0.3 is 16.0 Å². The highest BCUT2D eigenvalue weighted by Gasteiger charge is 2.11. The Hall–Kier alpha value is -2.96. The quantitative estimate of drug-likeness (QED) is 0.613. The van der Waals surface area contributed by atoms with Crippen molar-refractivity contribution in [3.05, 3.63) is 59.8 Å². The first kappa shape index (κ1) is 19.8. The Morgan fingerprint density at radius 3 is 2.68 bits per heavy atom. The molecule has 0 radical (unpaired) electrons. The summed E-state index contributed by atoms with van der Waals surface area (Å²) in [6, 6.07) is 14.3. The number of nitrogens with zero attached hydrogens (tertiary/aromatic N) is 2. The molecule has 0 atom stereocenters. The van der Waals surface area contributed by atoms with E-state index < -0.39 is 0 Å². The number of amides is 2. The molecule has 28 heavy (non-hydrogen) atoms. The molecule has 1 aromatic heterocycles. The molecule has 146 valence electrons. The maximum Gasteiger partial charge on any atom is 0.320 e. The van der Waals surface area contributed by atoms with Crippen molar-refractivity contribution < 1.29 is 4.79 Å². The summed E-state index contributed by atoms with van der Waals surface area (Å²) >= 11 is 0. The van der Waals surface area contributed by atoms with Crippen LogP contribution in [0.2, 0.25) is 0 Å². The summed E-state index contributed by atoms with van der Waals surface area (Å²) in [7, 11) is 4.12. The van der Waals surface area contributed by atoms with Gasteiger partial charge in [-0.25, -0.2) is 9.78 Å². The lowest BCUT2D eigenvalue weighted by atomic mass is 9.95. The summed E-state index contributed by atoms with van der Waals surface area (Å²) in [5, 5.41) is 7.53. The molecular weight excluding hydrogens is 350 g/mol. The van der Waals surface area contributed by atoms with E-state index >= 15 is 0 Å². The van der Waals surface area contributed by atoms with Crippen LogP contribution in [0.5, 0.6) is 0 Å². The lowest BCUT2D eigenvalue weighted by Crippen LogP contribution is -2.28. The van der Waals surface area contributed by atoms with Crippen LogP contribution >= 0.6 is 0 Å². The van der Waals surface area contributed by atoms with Crippen LogP contribution in [0.4, 0.5) is 10.6 Å². The fourth-order valence-electron chi connectivity index (χ4n) is 3.32. The minimum atomic E-state index is -0.265. The van der Waals surface area contributed by atoms with Gasteiger partial charge in [0.25, 0.3) is 0 Å². The molecule has 3 rings (SSSR count). The largest absolute Gasteiger partial charge is 0.338 e. The number of pyridine rings is 1. The second kappa shape index (κ2) is 8.82. The monoisotopic (exact) mass is 377 g/mol. The van der Waals surface area contributed by atoms with E-state index in [0.717, 1.165) is 34.0 Å². The average Bonchev–Trinajstić information content (AvgIpc) is 2.67. The molecule has 0 fully saturated rings. The van der Waals surface area contributed by atoms with E-state index in [0.29, 0.717) is 18.9 Å². The number of hydrogen-bond acceptors (Lipinski definition) is 4. The van der Waals surface area contributed by atoms with Crippen LogP contribution in [-0.4, -0.2) is 36.6 Å². The highest BCUT2D eigenvalue weighted by molar-refractivity contribution is 6.00. The zero-order chi connectivity index (χ0) is 20.1. The number of hydrogen-bond donors (Lipinski definition) is 3. The number of benzene rings is 2. The molecule has 2 amide bonds. The van der Waals surface area contributed by atoms with Crippen LogP contribution in [0, 0.1) is 0 Å². The first-order valence-electron chi connectivity index (χ1n) is 9.42. The van der Waals surface area contributed by atoms with Crippen molar-refractivity contribution in [3.8, 4) is 11.1 Å². The zero-order valence-electron chi connectivity index (χ0n) is 16.6. The van der Waals surface area contributed by atoms with Gasteiger partial charge in [-0.05, 0) is 60.8 Å². The van der Waals surface area contributed by atoms with Crippen molar-refractivity contribution in [2.24, 2.45) is 5.73 Å². The Bertz CT molecular complexity index is 984. The number of rotatable bonds is 6. The lowest BCUT2D eigenvalue weighted by Gasteiger charge is -2.14. The first-order valence-corrected chi connectivity index (χ1v) is 9.42. The van der Waals surface area contributed by atoms with Gasteiger partial charge in [0, 0.05) is 31.2 Å². The highest BCUT2D eigenvalue weighted by atomic mass is 16.2. The standard InChI is InChI=1S/C22H27N5O/c1-4-24-22(28)26-21-11-19-18(9-8-17(12-23)20(19)13-25-21)16-7-5-6-15(10-16)14-27(2)3/h5-11,13H,4,12,14,23H2,1-3H3,(H2,24,25,26,28). The highest BCUT2D eigenvalue weighted by Crippen LogP contribution is 2.32. The van der Waals surface area contributed by atoms with Gasteiger partial charge in [0.15, 0.2) is 0 Å². The van der Waals surface area contributed by atoms with Gasteiger partial charge in [-0.3, -0.25) is 5.32 Å². The molecule has 0 aliphatic heterocycles. The molecule has 0 saturated carbocycles. The Balaban J connectivity index is 2.10. The molecule has 0 aliphatic carbocycles. The number of carbonyl (C=O) groups excluding carboxylic acids is 1. The minimum absolute atomic E-state index is 0.265. The first-order chi connectivity index (χ1) is 13.5. The summed E-state index contributed by atoms with van der Waals surface area (Å²) in [5.74, 6) is 0.512. The van der Waals surface area contributed by atoms with Crippen LogP contribution < -0.4 is 16.4 Å². The predicted octanol–water partition coefficient (Wildman–Crippen LogP) is 3.56. The average molecular weight is 377 g/mol. The van der Waals surface area contributed by atoms with Gasteiger partial charge in [-0.15, -0.1) is 0 Å². The maximum atomic E-state index is 11.9. The van der Waals surface area contributed by atoms with Gasteiger partial charge >= 0.3 is 6.03 Å². The molecule has 0 aliphatic rings.